The molecule has 2 aromatic heterocycles. The van der Waals surface area contributed by atoms with E-state index in [1.165, 1.54) is 14.0 Å². The Morgan fingerprint density at radius 1 is 1.38 bits per heavy atom. The largest absolute Gasteiger partial charge is 0.493 e. The second kappa shape index (κ2) is 4.49. The van der Waals surface area contributed by atoms with Crippen LogP contribution in [0.2, 0.25) is 5.02 Å². The molecule has 2 aromatic rings. The predicted octanol–water partition coefficient (Wildman–Crippen LogP) is 1.16. The van der Waals surface area contributed by atoms with E-state index in [0.717, 1.165) is 17.2 Å². The van der Waals surface area contributed by atoms with E-state index in [1.54, 1.807) is 0 Å². The molecule has 0 amide bonds. The fourth-order valence-electron chi connectivity index (χ4n) is 2.56. The van der Waals surface area contributed by atoms with Gasteiger partial charge in [0.2, 0.25) is 0 Å². The van der Waals surface area contributed by atoms with Crippen molar-refractivity contribution in [2.75, 3.05) is 13.0 Å². The van der Waals surface area contributed by atoms with E-state index in [0.29, 0.717) is 10.2 Å². The number of aromatic nitrogens is 2. The van der Waals surface area contributed by atoms with Crippen molar-refractivity contribution in [2.45, 2.75) is 25.7 Å². The van der Waals surface area contributed by atoms with Crippen molar-refractivity contribution in [3.63, 3.8) is 0 Å². The standard InChI is InChI=1S/C13H13ClFN3O3/c1-5-9(15)8(14)11(21-2)10-7(6-3-4-6)12(19)18(16)13(20)17(5)10/h6H,3-4,16H2,1-2H3. The number of methoxy groups -OCH3 is 1. The van der Waals surface area contributed by atoms with Crippen LogP contribution in [0, 0.1) is 12.7 Å². The topological polar surface area (TPSA) is 78.7 Å². The lowest BCUT2D eigenvalue weighted by molar-refractivity contribution is 0.412. The van der Waals surface area contributed by atoms with E-state index in [4.69, 9.17) is 22.2 Å². The van der Waals surface area contributed by atoms with Gasteiger partial charge in [0.25, 0.3) is 5.56 Å². The van der Waals surface area contributed by atoms with Crippen LogP contribution in [-0.2, 0) is 0 Å². The second-order valence-corrected chi connectivity index (χ2v) is 5.45. The molecule has 8 heteroatoms. The molecule has 21 heavy (non-hydrogen) atoms. The summed E-state index contributed by atoms with van der Waals surface area (Å²) in [6.45, 7) is 1.40. The van der Waals surface area contributed by atoms with Gasteiger partial charge in [-0.05, 0) is 25.7 Å². The zero-order valence-corrected chi connectivity index (χ0v) is 12.2. The molecule has 1 saturated carbocycles. The van der Waals surface area contributed by atoms with Gasteiger partial charge in [-0.2, -0.15) is 4.68 Å². The number of hydrogen-bond acceptors (Lipinski definition) is 4. The van der Waals surface area contributed by atoms with Crippen LogP contribution in [0.25, 0.3) is 5.52 Å². The van der Waals surface area contributed by atoms with Crippen molar-refractivity contribution in [3.05, 3.63) is 42.9 Å². The van der Waals surface area contributed by atoms with E-state index in [2.05, 4.69) is 0 Å². The Kier molecular flexibility index (Phi) is 2.98. The summed E-state index contributed by atoms with van der Waals surface area (Å²) in [6, 6.07) is 0. The zero-order valence-electron chi connectivity index (χ0n) is 11.4. The molecule has 0 atom stereocenters. The van der Waals surface area contributed by atoms with Crippen molar-refractivity contribution in [1.29, 1.82) is 0 Å². The molecule has 0 aliphatic heterocycles. The third-order valence-corrected chi connectivity index (χ3v) is 4.11. The summed E-state index contributed by atoms with van der Waals surface area (Å²) in [7, 11) is 1.31. The van der Waals surface area contributed by atoms with Gasteiger partial charge in [-0.3, -0.25) is 9.20 Å². The summed E-state index contributed by atoms with van der Waals surface area (Å²) in [5.41, 5.74) is -0.880. The summed E-state index contributed by atoms with van der Waals surface area (Å²) < 4.78 is 20.9. The Balaban J connectivity index is 2.69. The Hall–Kier alpha value is -2.02. The van der Waals surface area contributed by atoms with Gasteiger partial charge in [0.05, 0.1) is 18.4 Å². The highest BCUT2D eigenvalue weighted by atomic mass is 35.5. The lowest BCUT2D eigenvalue weighted by Crippen LogP contribution is -2.45. The fraction of sp³-hybridized carbons (Fsp3) is 0.385. The lowest BCUT2D eigenvalue weighted by Gasteiger charge is -2.16. The van der Waals surface area contributed by atoms with E-state index in [9.17, 15) is 14.0 Å². The minimum atomic E-state index is -0.828. The molecule has 0 unspecified atom stereocenters. The lowest BCUT2D eigenvalue weighted by atomic mass is 10.1. The molecule has 3 rings (SSSR count). The van der Waals surface area contributed by atoms with Crippen molar-refractivity contribution >= 4 is 17.1 Å². The SMILES string of the molecule is COc1c(Cl)c(F)c(C)n2c(=O)n(N)c(=O)c(C3CC3)c12. The summed E-state index contributed by atoms with van der Waals surface area (Å²) in [5.74, 6) is 4.73. The maximum atomic E-state index is 14.2. The number of fused-ring (bicyclic) bond motifs is 1. The van der Waals surface area contributed by atoms with Crippen LogP contribution in [0.15, 0.2) is 9.59 Å². The number of ether oxygens (including phenoxy) is 1. The summed E-state index contributed by atoms with van der Waals surface area (Å²) in [4.78, 5) is 24.5. The first kappa shape index (κ1) is 13.9. The molecule has 112 valence electrons. The van der Waals surface area contributed by atoms with Crippen LogP contribution in [0.5, 0.6) is 5.75 Å². The van der Waals surface area contributed by atoms with Gasteiger partial charge >= 0.3 is 5.69 Å². The van der Waals surface area contributed by atoms with E-state index in [1.807, 2.05) is 0 Å². The zero-order chi connectivity index (χ0) is 15.5. The Morgan fingerprint density at radius 2 is 2.00 bits per heavy atom. The number of pyridine rings is 1. The normalized spacial score (nSPS) is 14.7. The van der Waals surface area contributed by atoms with Crippen LogP contribution in [0.1, 0.15) is 30.0 Å². The molecule has 6 nitrogen and oxygen atoms in total. The molecule has 0 spiro atoms. The molecule has 0 radical (unpaired) electrons. The van der Waals surface area contributed by atoms with Gasteiger partial charge in [-0.15, -0.1) is 0 Å². The van der Waals surface area contributed by atoms with E-state index >= 15 is 0 Å². The molecule has 1 aliphatic rings. The van der Waals surface area contributed by atoms with Gasteiger partial charge in [-0.25, -0.2) is 9.18 Å². The number of nitrogens with two attached hydrogens (primary N) is 1. The third kappa shape index (κ3) is 1.77. The monoisotopic (exact) mass is 313 g/mol. The van der Waals surface area contributed by atoms with Crippen LogP contribution in [0.4, 0.5) is 4.39 Å². The highest BCUT2D eigenvalue weighted by Gasteiger charge is 2.33. The highest BCUT2D eigenvalue weighted by molar-refractivity contribution is 6.33. The number of rotatable bonds is 2. The molecule has 0 saturated heterocycles. The molecule has 2 heterocycles. The maximum absolute atomic E-state index is 14.2. The fourth-order valence-corrected chi connectivity index (χ4v) is 2.87. The first-order valence-electron chi connectivity index (χ1n) is 6.38. The molecule has 1 fully saturated rings. The molecule has 1 aliphatic carbocycles. The van der Waals surface area contributed by atoms with Crippen molar-refractivity contribution in [2.24, 2.45) is 0 Å². The van der Waals surface area contributed by atoms with E-state index in [-0.39, 0.29) is 27.9 Å². The predicted molar refractivity (Wildman–Crippen MR) is 76.3 cm³/mol. The summed E-state index contributed by atoms with van der Waals surface area (Å²) in [6.07, 6.45) is 1.61. The summed E-state index contributed by atoms with van der Waals surface area (Å²) in [5, 5.41) is -0.245. The second-order valence-electron chi connectivity index (χ2n) is 5.08. The Morgan fingerprint density at radius 3 is 2.52 bits per heavy atom. The smallest absolute Gasteiger partial charge is 0.354 e. The number of nitrogen functional groups attached to an aromatic ring is 1. The van der Waals surface area contributed by atoms with Crippen LogP contribution in [0.3, 0.4) is 0 Å². The first-order valence-corrected chi connectivity index (χ1v) is 6.76. The van der Waals surface area contributed by atoms with Crippen LogP contribution in [-0.4, -0.2) is 16.2 Å². The highest BCUT2D eigenvalue weighted by Crippen LogP contribution is 2.44. The van der Waals surface area contributed by atoms with Gasteiger partial charge in [0.15, 0.2) is 11.6 Å². The average Bonchev–Trinajstić information content (AvgIpc) is 3.28. The third-order valence-electron chi connectivity index (χ3n) is 3.78. The quantitative estimate of drug-likeness (QED) is 0.844. The molecule has 2 N–H and O–H groups in total. The first-order chi connectivity index (χ1) is 9.90. The molecular weight excluding hydrogens is 301 g/mol. The van der Waals surface area contributed by atoms with Crippen molar-refractivity contribution in [3.8, 4) is 5.75 Å². The van der Waals surface area contributed by atoms with Crippen molar-refractivity contribution in [1.82, 2.24) is 9.08 Å². The summed E-state index contributed by atoms with van der Waals surface area (Å²) >= 11 is 5.96. The van der Waals surface area contributed by atoms with Crippen LogP contribution >= 0.6 is 11.6 Å². The maximum Gasteiger partial charge on any atom is 0.354 e. The Labute approximate surface area is 123 Å². The van der Waals surface area contributed by atoms with Gasteiger partial charge in [-0.1, -0.05) is 11.6 Å². The average molecular weight is 314 g/mol. The van der Waals surface area contributed by atoms with Crippen molar-refractivity contribution < 1.29 is 9.13 Å². The number of nitrogens with zero attached hydrogens (tertiary/aromatic N) is 2. The van der Waals surface area contributed by atoms with Gasteiger partial charge in [0.1, 0.15) is 10.5 Å². The number of hydrogen-bond donors (Lipinski definition) is 1. The molecule has 0 bridgehead atoms. The van der Waals surface area contributed by atoms with Crippen LogP contribution < -0.4 is 21.8 Å². The van der Waals surface area contributed by atoms with E-state index < -0.39 is 17.1 Å². The van der Waals surface area contributed by atoms with Gasteiger partial charge in [0, 0.05) is 0 Å². The Bertz CT molecular complexity index is 883. The number of aryl methyl sites for hydroxylation is 1. The number of halogens is 2. The minimum absolute atomic E-state index is 0.0121. The molecule has 0 aromatic carbocycles. The minimum Gasteiger partial charge on any atom is -0.493 e. The van der Waals surface area contributed by atoms with Gasteiger partial charge < -0.3 is 10.6 Å². The molecular formula is C13H13ClFN3O3.